The predicted molar refractivity (Wildman–Crippen MR) is 130 cm³/mol. The summed E-state index contributed by atoms with van der Waals surface area (Å²) in [6.45, 7) is 11.0. The Labute approximate surface area is 203 Å². The lowest BCUT2D eigenvalue weighted by atomic mass is 10.1. The molecule has 0 aliphatic carbocycles. The molecule has 192 valence electrons. The number of hydrogen-bond donors (Lipinski definition) is 3. The largest absolute Gasteiger partial charge is 0.457 e. The van der Waals surface area contributed by atoms with Crippen LogP contribution in [0, 0.1) is 0 Å². The Morgan fingerprint density at radius 1 is 0.971 bits per heavy atom. The molecule has 0 bridgehead atoms. The molecule has 0 aliphatic rings. The zero-order valence-corrected chi connectivity index (χ0v) is 21.2. The molecular formula is C23H30F3N5O3S. The molecule has 0 saturated carbocycles. The van der Waals surface area contributed by atoms with Crippen LogP contribution >= 0.6 is 0 Å². The van der Waals surface area contributed by atoms with Gasteiger partial charge in [-0.25, -0.2) is 13.3 Å². The molecule has 0 aromatic heterocycles. The molecule has 1 unspecified atom stereocenters. The van der Waals surface area contributed by atoms with Crippen molar-refractivity contribution in [3.63, 3.8) is 0 Å². The lowest BCUT2D eigenvalue weighted by molar-refractivity contribution is -0.138. The van der Waals surface area contributed by atoms with Crippen LogP contribution in [0.1, 0.15) is 57.5 Å². The molecule has 2 aromatic carbocycles. The second-order valence-electron chi connectivity index (χ2n) is 9.76. The fourth-order valence-electron chi connectivity index (χ4n) is 2.91. The molecule has 2 rings (SSSR count). The van der Waals surface area contributed by atoms with Crippen LogP contribution in [0.2, 0.25) is 0 Å². The molecule has 5 N–H and O–H groups in total. The van der Waals surface area contributed by atoms with E-state index in [0.29, 0.717) is 11.0 Å². The SMILES string of the molecule is CC(C)(C)N=S(=O)(NC(C)(C)C)c1ccc(Oc2ccc(C(=O)N=C(N)N)cc2C(F)(F)F)cc1. The van der Waals surface area contributed by atoms with Gasteiger partial charge >= 0.3 is 6.18 Å². The Morgan fingerprint density at radius 3 is 2.00 bits per heavy atom. The van der Waals surface area contributed by atoms with Crippen molar-refractivity contribution in [3.8, 4) is 11.5 Å². The number of ether oxygens (including phenoxy) is 1. The minimum Gasteiger partial charge on any atom is -0.457 e. The summed E-state index contributed by atoms with van der Waals surface area (Å²) in [6.07, 6.45) is -4.82. The molecule has 0 saturated heterocycles. The fraction of sp³-hybridized carbons (Fsp3) is 0.391. The third kappa shape index (κ3) is 8.25. The van der Waals surface area contributed by atoms with E-state index >= 15 is 0 Å². The van der Waals surface area contributed by atoms with E-state index in [1.807, 2.05) is 41.5 Å². The molecule has 1 atom stereocenters. The number of nitrogens with zero attached hydrogens (tertiary/aromatic N) is 2. The molecule has 8 nitrogen and oxygen atoms in total. The molecule has 12 heteroatoms. The van der Waals surface area contributed by atoms with Gasteiger partial charge in [0.05, 0.1) is 16.0 Å². The number of hydrogen-bond acceptors (Lipinski definition) is 4. The van der Waals surface area contributed by atoms with Gasteiger partial charge in [-0.3, -0.25) is 4.79 Å². The Hall–Kier alpha value is -3.12. The average molecular weight is 514 g/mol. The molecule has 1 amide bonds. The first-order valence-electron chi connectivity index (χ1n) is 10.5. The summed E-state index contributed by atoms with van der Waals surface area (Å²) in [5.41, 5.74) is 7.56. The molecule has 0 heterocycles. The van der Waals surface area contributed by atoms with Crippen LogP contribution in [0.3, 0.4) is 0 Å². The van der Waals surface area contributed by atoms with Crippen LogP contribution in [0.25, 0.3) is 0 Å². The highest BCUT2D eigenvalue weighted by molar-refractivity contribution is 7.91. The van der Waals surface area contributed by atoms with Crippen LogP contribution in [-0.4, -0.2) is 27.2 Å². The van der Waals surface area contributed by atoms with Crippen LogP contribution in [0.15, 0.2) is 56.7 Å². The standard InChI is InChI=1S/C23H30F3N5O3S/c1-21(2,3)30-35(33,31-22(4,5)6)16-10-8-15(9-11-16)34-18-12-7-14(19(32)29-20(27)28)13-17(18)23(24,25)26/h7-13H,1-6H3,(H,30,31,33)(H4,27,28,29,32). The maximum absolute atomic E-state index is 13.7. The first-order valence-corrected chi connectivity index (χ1v) is 12.0. The zero-order valence-electron chi connectivity index (χ0n) is 20.4. The Bertz CT molecular complexity index is 1230. The number of rotatable bonds is 5. The predicted octanol–water partition coefficient (Wildman–Crippen LogP) is 4.84. The van der Waals surface area contributed by atoms with Crippen LogP contribution < -0.4 is 20.9 Å². The molecule has 0 fully saturated rings. The first kappa shape index (κ1) is 28.1. The van der Waals surface area contributed by atoms with E-state index in [9.17, 15) is 22.2 Å². The van der Waals surface area contributed by atoms with Gasteiger partial charge in [-0.15, -0.1) is 0 Å². The van der Waals surface area contributed by atoms with Crippen LogP contribution in [-0.2, 0) is 16.1 Å². The lowest BCUT2D eigenvalue weighted by Crippen LogP contribution is -2.41. The fourth-order valence-corrected chi connectivity index (χ4v) is 5.28. The molecule has 0 radical (unpaired) electrons. The summed E-state index contributed by atoms with van der Waals surface area (Å²) in [5.74, 6) is -2.05. The van der Waals surface area contributed by atoms with Gasteiger partial charge in [-0.2, -0.15) is 18.2 Å². The van der Waals surface area contributed by atoms with Gasteiger partial charge < -0.3 is 16.2 Å². The van der Waals surface area contributed by atoms with E-state index in [1.54, 1.807) is 0 Å². The third-order valence-corrected chi connectivity index (χ3v) is 6.59. The smallest absolute Gasteiger partial charge is 0.420 e. The summed E-state index contributed by atoms with van der Waals surface area (Å²) in [7, 11) is -3.06. The van der Waals surface area contributed by atoms with Gasteiger partial charge in [0.2, 0.25) is 0 Å². The number of carbonyl (C=O) groups excluding carboxylic acids is 1. The van der Waals surface area contributed by atoms with Crippen LogP contribution in [0.5, 0.6) is 11.5 Å². The summed E-state index contributed by atoms with van der Waals surface area (Å²) in [5, 5.41) is 0. The number of carbonyl (C=O) groups is 1. The summed E-state index contributed by atoms with van der Waals surface area (Å²) < 4.78 is 67.7. The van der Waals surface area contributed by atoms with Crippen LogP contribution in [0.4, 0.5) is 13.2 Å². The second kappa shape index (κ2) is 9.86. The third-order valence-electron chi connectivity index (χ3n) is 3.98. The molecule has 35 heavy (non-hydrogen) atoms. The quantitative estimate of drug-likeness (QED) is 0.389. The molecule has 0 spiro atoms. The van der Waals surface area contributed by atoms with E-state index in [2.05, 4.69) is 14.1 Å². The van der Waals surface area contributed by atoms with Gasteiger partial charge in [0.1, 0.15) is 21.4 Å². The van der Waals surface area contributed by atoms with Gasteiger partial charge in [0.15, 0.2) is 5.96 Å². The monoisotopic (exact) mass is 513 g/mol. The lowest BCUT2D eigenvalue weighted by Gasteiger charge is -2.26. The highest BCUT2D eigenvalue weighted by Gasteiger charge is 2.35. The van der Waals surface area contributed by atoms with Gasteiger partial charge in [0.25, 0.3) is 5.91 Å². The number of alkyl halides is 3. The number of nitrogens with one attached hydrogen (secondary N) is 1. The number of guanidine groups is 1. The minimum atomic E-state index is -4.82. The van der Waals surface area contributed by atoms with Gasteiger partial charge in [-0.05, 0) is 84.0 Å². The maximum atomic E-state index is 13.7. The zero-order chi connectivity index (χ0) is 26.8. The number of amides is 1. The summed E-state index contributed by atoms with van der Waals surface area (Å²) in [4.78, 5) is 15.5. The number of nitrogens with two attached hydrogens (primary N) is 2. The first-order chi connectivity index (χ1) is 15.8. The average Bonchev–Trinajstić information content (AvgIpc) is 2.64. The van der Waals surface area contributed by atoms with E-state index in [0.717, 1.165) is 12.1 Å². The number of benzene rings is 2. The second-order valence-corrected chi connectivity index (χ2v) is 11.7. The van der Waals surface area contributed by atoms with E-state index in [-0.39, 0.29) is 11.3 Å². The van der Waals surface area contributed by atoms with Crippen molar-refractivity contribution in [1.82, 2.24) is 4.72 Å². The van der Waals surface area contributed by atoms with Crippen molar-refractivity contribution in [2.45, 2.75) is 63.7 Å². The molecule has 0 aliphatic heterocycles. The van der Waals surface area contributed by atoms with Crippen molar-refractivity contribution in [3.05, 3.63) is 53.6 Å². The van der Waals surface area contributed by atoms with Gasteiger partial charge in [0, 0.05) is 11.1 Å². The molecular weight excluding hydrogens is 483 g/mol. The highest BCUT2D eigenvalue weighted by Crippen LogP contribution is 2.39. The normalized spacial score (nSPS) is 14.1. The minimum absolute atomic E-state index is 0.0656. The number of aliphatic imine (C=N–C) groups is 1. The van der Waals surface area contributed by atoms with Gasteiger partial charge in [-0.1, -0.05) is 0 Å². The van der Waals surface area contributed by atoms with Crippen molar-refractivity contribution in [1.29, 1.82) is 0 Å². The Morgan fingerprint density at radius 2 is 1.54 bits per heavy atom. The topological polar surface area (TPSA) is 132 Å². The van der Waals surface area contributed by atoms with Crippen molar-refractivity contribution < 1.29 is 26.9 Å². The number of halogens is 3. The van der Waals surface area contributed by atoms with Crippen molar-refractivity contribution >= 4 is 21.8 Å². The Kier molecular flexibility index (Phi) is 7.92. The van der Waals surface area contributed by atoms with E-state index in [1.165, 1.54) is 24.3 Å². The molecule has 2 aromatic rings. The van der Waals surface area contributed by atoms with Crippen molar-refractivity contribution in [2.24, 2.45) is 20.8 Å². The summed E-state index contributed by atoms with van der Waals surface area (Å²) in [6, 6.07) is 8.50. The highest BCUT2D eigenvalue weighted by atomic mass is 32.2. The summed E-state index contributed by atoms with van der Waals surface area (Å²) >= 11 is 0. The van der Waals surface area contributed by atoms with Crippen molar-refractivity contribution in [2.75, 3.05) is 0 Å². The van der Waals surface area contributed by atoms with E-state index < -0.39 is 50.3 Å². The maximum Gasteiger partial charge on any atom is 0.420 e. The van der Waals surface area contributed by atoms with E-state index in [4.69, 9.17) is 16.2 Å². The Balaban J connectivity index is 2.47.